The van der Waals surface area contributed by atoms with Crippen molar-refractivity contribution in [2.75, 3.05) is 20.3 Å². The van der Waals surface area contributed by atoms with E-state index in [0.717, 1.165) is 0 Å². The molecule has 1 N–H and O–H groups in total. The molecule has 0 aliphatic carbocycles. The predicted octanol–water partition coefficient (Wildman–Crippen LogP) is 3.80. The molecular formula is C21H20ClNO4. The second kappa shape index (κ2) is 8.37. The highest BCUT2D eigenvalue weighted by atomic mass is 35.5. The summed E-state index contributed by atoms with van der Waals surface area (Å²) >= 11 is 6.13. The number of aliphatic hydroxyl groups excluding tert-OH is 1. The number of ether oxygens (including phenoxy) is 1. The molecule has 3 rings (SSSR count). The number of amides is 1. The lowest BCUT2D eigenvalue weighted by atomic mass is 9.95. The Kier molecular flexibility index (Phi) is 5.94. The van der Waals surface area contributed by atoms with Crippen LogP contribution in [0.3, 0.4) is 0 Å². The molecule has 0 radical (unpaired) electrons. The largest absolute Gasteiger partial charge is 0.507 e. The van der Waals surface area contributed by atoms with Gasteiger partial charge in [0, 0.05) is 30.8 Å². The van der Waals surface area contributed by atoms with E-state index in [9.17, 15) is 14.7 Å². The van der Waals surface area contributed by atoms with Crippen LogP contribution in [-0.2, 0) is 14.3 Å². The lowest BCUT2D eigenvalue weighted by molar-refractivity contribution is -0.140. The van der Waals surface area contributed by atoms with Crippen molar-refractivity contribution in [3.63, 3.8) is 0 Å². The Morgan fingerprint density at radius 3 is 2.56 bits per heavy atom. The van der Waals surface area contributed by atoms with Gasteiger partial charge >= 0.3 is 0 Å². The monoisotopic (exact) mass is 385 g/mol. The number of aliphatic hydroxyl groups is 1. The van der Waals surface area contributed by atoms with Crippen molar-refractivity contribution in [3.8, 4) is 0 Å². The van der Waals surface area contributed by atoms with Crippen LogP contribution >= 0.6 is 11.6 Å². The number of carbonyl (C=O) groups is 2. The van der Waals surface area contributed by atoms with Crippen molar-refractivity contribution in [1.29, 1.82) is 0 Å². The summed E-state index contributed by atoms with van der Waals surface area (Å²) in [5, 5.41) is 11.3. The molecule has 1 atom stereocenters. The minimum absolute atomic E-state index is 0.0749. The van der Waals surface area contributed by atoms with Crippen LogP contribution in [0, 0.1) is 0 Å². The van der Waals surface area contributed by atoms with Gasteiger partial charge in [0.15, 0.2) is 0 Å². The van der Waals surface area contributed by atoms with Crippen LogP contribution in [0.1, 0.15) is 23.6 Å². The molecule has 0 bridgehead atoms. The fourth-order valence-electron chi connectivity index (χ4n) is 3.26. The molecule has 1 fully saturated rings. The number of hydrogen-bond acceptors (Lipinski definition) is 4. The number of carbonyl (C=O) groups excluding carboxylic acids is 2. The molecule has 2 aromatic carbocycles. The highest BCUT2D eigenvalue weighted by Gasteiger charge is 2.45. The van der Waals surface area contributed by atoms with Gasteiger partial charge in [-0.25, -0.2) is 0 Å². The molecule has 0 aromatic heterocycles. The second-order valence-electron chi connectivity index (χ2n) is 6.26. The summed E-state index contributed by atoms with van der Waals surface area (Å²) in [7, 11) is 1.58. The van der Waals surface area contributed by atoms with E-state index in [1.165, 1.54) is 4.90 Å². The van der Waals surface area contributed by atoms with Crippen LogP contribution in [0.25, 0.3) is 5.76 Å². The van der Waals surface area contributed by atoms with Gasteiger partial charge in [-0.2, -0.15) is 0 Å². The number of Topliss-reactive ketones (excluding diaryl/α,β-unsaturated/α-hetero) is 1. The second-order valence-corrected chi connectivity index (χ2v) is 6.70. The Balaban J connectivity index is 2.12. The molecule has 2 aromatic rings. The highest BCUT2D eigenvalue weighted by Crippen LogP contribution is 2.39. The molecule has 0 spiro atoms. The number of hydrogen-bond donors (Lipinski definition) is 1. The molecule has 5 nitrogen and oxygen atoms in total. The van der Waals surface area contributed by atoms with Crippen molar-refractivity contribution in [3.05, 3.63) is 76.3 Å². The molecule has 140 valence electrons. The van der Waals surface area contributed by atoms with Crippen LogP contribution in [0.2, 0.25) is 5.02 Å². The predicted molar refractivity (Wildman–Crippen MR) is 103 cm³/mol. The third-order valence-corrected chi connectivity index (χ3v) is 4.73. The molecule has 0 saturated carbocycles. The van der Waals surface area contributed by atoms with Crippen molar-refractivity contribution in [2.24, 2.45) is 0 Å². The van der Waals surface area contributed by atoms with Gasteiger partial charge in [-0.3, -0.25) is 9.59 Å². The van der Waals surface area contributed by atoms with Crippen LogP contribution in [0.15, 0.2) is 60.2 Å². The van der Waals surface area contributed by atoms with Crippen LogP contribution in [-0.4, -0.2) is 42.0 Å². The van der Waals surface area contributed by atoms with Gasteiger partial charge in [-0.15, -0.1) is 0 Å². The first kappa shape index (κ1) is 19.1. The van der Waals surface area contributed by atoms with Crippen LogP contribution in [0.4, 0.5) is 0 Å². The number of likely N-dealkylation sites (tertiary alicyclic amines) is 1. The first-order valence-corrected chi connectivity index (χ1v) is 9.00. The van der Waals surface area contributed by atoms with E-state index >= 15 is 0 Å². The average Bonchev–Trinajstić information content (AvgIpc) is 2.93. The maximum absolute atomic E-state index is 12.8. The van der Waals surface area contributed by atoms with E-state index in [0.29, 0.717) is 35.7 Å². The van der Waals surface area contributed by atoms with Gasteiger partial charge in [-0.1, -0.05) is 54.1 Å². The number of methoxy groups -OCH3 is 1. The van der Waals surface area contributed by atoms with Gasteiger partial charge in [0.25, 0.3) is 11.7 Å². The molecular weight excluding hydrogens is 366 g/mol. The summed E-state index contributed by atoms with van der Waals surface area (Å²) in [5.41, 5.74) is 1.24. The number of halogens is 1. The standard InChI is InChI=1S/C21H20ClNO4/c1-27-12-6-11-23-18(15-9-5-10-16(22)13-15)17(20(25)21(23)26)19(24)14-7-3-2-4-8-14/h2-5,7-10,13,18,24H,6,11-12H2,1H3/b19-17+/t18-/m0/s1. The summed E-state index contributed by atoms with van der Waals surface area (Å²) in [6.45, 7) is 0.797. The normalized spacial score (nSPS) is 18.9. The lowest BCUT2D eigenvalue weighted by Crippen LogP contribution is -2.31. The Morgan fingerprint density at radius 1 is 1.15 bits per heavy atom. The van der Waals surface area contributed by atoms with Gasteiger partial charge in [0.05, 0.1) is 11.6 Å². The van der Waals surface area contributed by atoms with Crippen LogP contribution in [0.5, 0.6) is 0 Å². The third-order valence-electron chi connectivity index (χ3n) is 4.50. The van der Waals surface area contributed by atoms with Gasteiger partial charge in [0.2, 0.25) is 0 Å². The van der Waals surface area contributed by atoms with Gasteiger partial charge in [-0.05, 0) is 24.1 Å². The highest BCUT2D eigenvalue weighted by molar-refractivity contribution is 6.46. The molecule has 1 amide bonds. The topological polar surface area (TPSA) is 66.8 Å². The zero-order valence-electron chi connectivity index (χ0n) is 14.9. The minimum Gasteiger partial charge on any atom is -0.507 e. The number of rotatable bonds is 6. The van der Waals surface area contributed by atoms with Gasteiger partial charge < -0.3 is 14.7 Å². The van der Waals surface area contributed by atoms with Crippen molar-refractivity contribution < 1.29 is 19.4 Å². The summed E-state index contributed by atoms with van der Waals surface area (Å²) in [5.74, 6) is -1.51. The Bertz CT molecular complexity index is 879. The molecule has 1 aliphatic rings. The molecule has 0 unspecified atom stereocenters. The number of benzene rings is 2. The Morgan fingerprint density at radius 2 is 1.89 bits per heavy atom. The van der Waals surface area contributed by atoms with E-state index in [1.807, 2.05) is 6.07 Å². The third kappa shape index (κ3) is 3.89. The van der Waals surface area contributed by atoms with Gasteiger partial charge in [0.1, 0.15) is 5.76 Å². The Hall–Kier alpha value is -2.63. The Labute approximate surface area is 162 Å². The molecule has 6 heteroatoms. The number of nitrogens with zero attached hydrogens (tertiary/aromatic N) is 1. The fraction of sp³-hybridized carbons (Fsp3) is 0.238. The maximum atomic E-state index is 12.8. The summed E-state index contributed by atoms with van der Waals surface area (Å²) < 4.78 is 5.06. The van der Waals surface area contributed by atoms with E-state index in [2.05, 4.69) is 0 Å². The average molecular weight is 386 g/mol. The SMILES string of the molecule is COCCCN1C(=O)C(=O)/C(=C(/O)c2ccccc2)[C@@H]1c1cccc(Cl)c1. The zero-order valence-corrected chi connectivity index (χ0v) is 15.6. The van der Waals surface area contributed by atoms with E-state index in [-0.39, 0.29) is 11.3 Å². The first-order valence-electron chi connectivity index (χ1n) is 8.63. The van der Waals surface area contributed by atoms with Crippen molar-refractivity contribution in [2.45, 2.75) is 12.5 Å². The molecule has 1 aliphatic heterocycles. The lowest BCUT2D eigenvalue weighted by Gasteiger charge is -2.25. The summed E-state index contributed by atoms with van der Waals surface area (Å²) in [4.78, 5) is 26.9. The smallest absolute Gasteiger partial charge is 0.295 e. The fourth-order valence-corrected chi connectivity index (χ4v) is 3.46. The van der Waals surface area contributed by atoms with E-state index in [1.54, 1.807) is 55.6 Å². The van der Waals surface area contributed by atoms with Crippen LogP contribution < -0.4 is 0 Å². The number of ketones is 1. The molecule has 27 heavy (non-hydrogen) atoms. The minimum atomic E-state index is -0.696. The summed E-state index contributed by atoms with van der Waals surface area (Å²) in [6.07, 6.45) is 0.575. The first-order chi connectivity index (χ1) is 13.0. The van der Waals surface area contributed by atoms with E-state index < -0.39 is 17.7 Å². The van der Waals surface area contributed by atoms with E-state index in [4.69, 9.17) is 16.3 Å². The molecule has 1 heterocycles. The zero-order chi connectivity index (χ0) is 19.4. The maximum Gasteiger partial charge on any atom is 0.295 e. The van der Waals surface area contributed by atoms with Crippen molar-refractivity contribution in [1.82, 2.24) is 4.90 Å². The summed E-state index contributed by atoms with van der Waals surface area (Å²) in [6, 6.07) is 15.0. The quantitative estimate of drug-likeness (QED) is 0.355. The van der Waals surface area contributed by atoms with Crippen molar-refractivity contribution >= 4 is 29.1 Å². The molecule has 1 saturated heterocycles.